The van der Waals surface area contributed by atoms with Crippen molar-refractivity contribution in [1.29, 1.82) is 0 Å². The van der Waals surface area contributed by atoms with Crippen LogP contribution in [0.3, 0.4) is 0 Å². The van der Waals surface area contributed by atoms with Gasteiger partial charge in [-0.2, -0.15) is 0 Å². The third kappa shape index (κ3) is 4.04. The van der Waals surface area contributed by atoms with Gasteiger partial charge in [0.15, 0.2) is 0 Å². The number of aromatic nitrogens is 1. The molecule has 29 heavy (non-hydrogen) atoms. The third-order valence-corrected chi connectivity index (χ3v) is 6.53. The van der Waals surface area contributed by atoms with E-state index >= 15 is 0 Å². The monoisotopic (exact) mass is 514 g/mol. The number of benzene rings is 2. The first-order valence-electron chi connectivity index (χ1n) is 9.18. The summed E-state index contributed by atoms with van der Waals surface area (Å²) in [6, 6.07) is 20.0. The van der Waals surface area contributed by atoms with E-state index in [9.17, 15) is 9.59 Å². The predicted molar refractivity (Wildman–Crippen MR) is 126 cm³/mol. The zero-order chi connectivity index (χ0) is 20.5. The first-order chi connectivity index (χ1) is 13.9. The molecule has 1 saturated heterocycles. The minimum absolute atomic E-state index is 0.225. The summed E-state index contributed by atoms with van der Waals surface area (Å²) in [7, 11) is 0. The van der Waals surface area contributed by atoms with Crippen molar-refractivity contribution in [3.63, 3.8) is 0 Å². The molecule has 3 aromatic rings. The summed E-state index contributed by atoms with van der Waals surface area (Å²) in [5.74, 6) is -0.233. The highest BCUT2D eigenvalue weighted by molar-refractivity contribution is 14.1. The van der Waals surface area contributed by atoms with Gasteiger partial charge in [-0.05, 0) is 95.7 Å². The Labute approximate surface area is 187 Å². The fourth-order valence-electron chi connectivity index (χ4n) is 3.46. The maximum absolute atomic E-state index is 12.9. The van der Waals surface area contributed by atoms with Crippen molar-refractivity contribution in [3.05, 3.63) is 91.7 Å². The van der Waals surface area contributed by atoms with Gasteiger partial charge in [-0.3, -0.25) is 14.5 Å². The maximum Gasteiger partial charge on any atom is 0.293 e. The molecule has 0 saturated carbocycles. The number of hydrogen-bond acceptors (Lipinski definition) is 3. The molecule has 0 atom stereocenters. The number of rotatable bonds is 4. The van der Waals surface area contributed by atoms with Crippen molar-refractivity contribution in [2.24, 2.45) is 0 Å². The van der Waals surface area contributed by atoms with Crippen LogP contribution in [0.25, 0.3) is 11.8 Å². The molecule has 2 amide bonds. The van der Waals surface area contributed by atoms with E-state index in [4.69, 9.17) is 0 Å². The summed E-state index contributed by atoms with van der Waals surface area (Å²) in [6.45, 7) is 4.36. The number of amides is 2. The Morgan fingerprint density at radius 3 is 2.38 bits per heavy atom. The molecule has 2 heterocycles. The molecule has 6 heteroatoms. The highest BCUT2D eigenvalue weighted by Crippen LogP contribution is 2.34. The maximum atomic E-state index is 12.9. The molecule has 146 valence electrons. The average molecular weight is 514 g/mol. The van der Waals surface area contributed by atoms with E-state index in [0.717, 1.165) is 43.5 Å². The summed E-state index contributed by atoms with van der Waals surface area (Å²) in [4.78, 5) is 27.1. The molecule has 1 aliphatic rings. The Kier molecular flexibility index (Phi) is 5.65. The second-order valence-electron chi connectivity index (χ2n) is 6.89. The molecule has 0 spiro atoms. The lowest BCUT2D eigenvalue weighted by atomic mass is 10.2. The molecule has 2 aromatic carbocycles. The zero-order valence-electron chi connectivity index (χ0n) is 16.1. The molecule has 4 rings (SSSR count). The number of nitrogens with zero attached hydrogens (tertiary/aromatic N) is 2. The Bertz CT molecular complexity index is 1120. The summed E-state index contributed by atoms with van der Waals surface area (Å²) in [5, 5.41) is -0.225. The van der Waals surface area contributed by atoms with Crippen LogP contribution >= 0.6 is 34.4 Å². The Hall–Kier alpha value is -2.32. The number of para-hydroxylation sites is 1. The van der Waals surface area contributed by atoms with Crippen molar-refractivity contribution in [3.8, 4) is 5.69 Å². The van der Waals surface area contributed by atoms with E-state index in [1.54, 1.807) is 0 Å². The minimum Gasteiger partial charge on any atom is -0.318 e. The first-order valence-corrected chi connectivity index (χ1v) is 11.1. The third-order valence-electron chi connectivity index (χ3n) is 4.90. The van der Waals surface area contributed by atoms with Gasteiger partial charge >= 0.3 is 0 Å². The topological polar surface area (TPSA) is 42.3 Å². The van der Waals surface area contributed by atoms with Crippen molar-refractivity contribution < 1.29 is 9.59 Å². The van der Waals surface area contributed by atoms with Crippen LogP contribution < -0.4 is 0 Å². The second kappa shape index (κ2) is 8.20. The quantitative estimate of drug-likeness (QED) is 0.320. The van der Waals surface area contributed by atoms with Gasteiger partial charge in [0, 0.05) is 20.6 Å². The van der Waals surface area contributed by atoms with Gasteiger partial charge in [0.2, 0.25) is 0 Å². The Balaban J connectivity index is 1.62. The second-order valence-corrected chi connectivity index (χ2v) is 9.13. The van der Waals surface area contributed by atoms with Gasteiger partial charge in [0.25, 0.3) is 11.1 Å². The van der Waals surface area contributed by atoms with Crippen LogP contribution in [-0.4, -0.2) is 20.6 Å². The van der Waals surface area contributed by atoms with Gasteiger partial charge in [0.05, 0.1) is 11.4 Å². The number of carbonyl (C=O) groups excluding carboxylic acids is 2. The van der Waals surface area contributed by atoms with Gasteiger partial charge in [-0.15, -0.1) is 0 Å². The van der Waals surface area contributed by atoms with Crippen LogP contribution in [0.1, 0.15) is 22.5 Å². The number of aryl methyl sites for hydroxylation is 1. The lowest BCUT2D eigenvalue weighted by Crippen LogP contribution is -2.27. The Morgan fingerprint density at radius 1 is 1.00 bits per heavy atom. The van der Waals surface area contributed by atoms with Crippen molar-refractivity contribution in [2.75, 3.05) is 0 Å². The Morgan fingerprint density at radius 2 is 1.69 bits per heavy atom. The molecule has 0 bridgehead atoms. The molecule has 0 aliphatic carbocycles. The number of thioether (sulfide) groups is 1. The number of carbonyl (C=O) groups is 2. The molecule has 4 nitrogen and oxygen atoms in total. The summed E-state index contributed by atoms with van der Waals surface area (Å²) < 4.78 is 3.27. The van der Waals surface area contributed by atoms with Crippen LogP contribution in [0, 0.1) is 17.4 Å². The van der Waals surface area contributed by atoms with Gasteiger partial charge < -0.3 is 4.57 Å². The van der Waals surface area contributed by atoms with E-state index in [-0.39, 0.29) is 11.1 Å². The standard InChI is InChI=1S/C23H19IN2O2S/c1-15-12-18(16(2)26(15)20-6-4-3-5-7-20)13-21-22(27)25(23(28)29-21)14-17-8-10-19(24)11-9-17/h3-13H,14H2,1-2H3/b21-13-. The summed E-state index contributed by atoms with van der Waals surface area (Å²) in [6.07, 6.45) is 1.83. The molecule has 0 radical (unpaired) electrons. The van der Waals surface area contributed by atoms with Crippen LogP contribution in [-0.2, 0) is 11.3 Å². The van der Waals surface area contributed by atoms with Crippen molar-refractivity contribution in [1.82, 2.24) is 9.47 Å². The van der Waals surface area contributed by atoms with E-state index in [1.165, 1.54) is 4.90 Å². The smallest absolute Gasteiger partial charge is 0.293 e. The zero-order valence-corrected chi connectivity index (χ0v) is 19.0. The van der Waals surface area contributed by atoms with E-state index in [1.807, 2.05) is 62.4 Å². The largest absolute Gasteiger partial charge is 0.318 e. The lowest BCUT2D eigenvalue weighted by Gasteiger charge is -2.12. The average Bonchev–Trinajstić information content (AvgIpc) is 3.14. The normalized spacial score (nSPS) is 15.6. The lowest BCUT2D eigenvalue weighted by molar-refractivity contribution is -0.123. The van der Waals surface area contributed by atoms with Gasteiger partial charge in [-0.1, -0.05) is 30.3 Å². The minimum atomic E-state index is -0.233. The molecule has 1 fully saturated rings. The number of halogens is 1. The fraction of sp³-hybridized carbons (Fsp3) is 0.130. The van der Waals surface area contributed by atoms with Crippen LogP contribution in [0.5, 0.6) is 0 Å². The highest BCUT2D eigenvalue weighted by atomic mass is 127. The predicted octanol–water partition coefficient (Wildman–Crippen LogP) is 5.94. The highest BCUT2D eigenvalue weighted by Gasteiger charge is 2.35. The van der Waals surface area contributed by atoms with E-state index in [0.29, 0.717) is 11.4 Å². The van der Waals surface area contributed by atoms with Crippen LogP contribution in [0.4, 0.5) is 4.79 Å². The van der Waals surface area contributed by atoms with Crippen LogP contribution in [0.15, 0.2) is 65.6 Å². The number of imide groups is 1. The van der Waals surface area contributed by atoms with Gasteiger partial charge in [-0.25, -0.2) is 0 Å². The van der Waals surface area contributed by atoms with E-state index < -0.39 is 0 Å². The van der Waals surface area contributed by atoms with Crippen molar-refractivity contribution in [2.45, 2.75) is 20.4 Å². The summed E-state index contributed by atoms with van der Waals surface area (Å²) >= 11 is 3.24. The van der Waals surface area contributed by atoms with Crippen LogP contribution in [0.2, 0.25) is 0 Å². The molecular weight excluding hydrogens is 495 g/mol. The molecular formula is C23H19IN2O2S. The SMILES string of the molecule is Cc1cc(/C=C2\SC(=O)N(Cc3ccc(I)cc3)C2=O)c(C)n1-c1ccccc1. The van der Waals surface area contributed by atoms with E-state index in [2.05, 4.69) is 45.4 Å². The number of hydrogen-bond donors (Lipinski definition) is 0. The van der Waals surface area contributed by atoms with Crippen molar-refractivity contribution >= 4 is 51.6 Å². The first kappa shape index (κ1) is 20.0. The molecule has 1 aliphatic heterocycles. The fourth-order valence-corrected chi connectivity index (χ4v) is 4.65. The molecule has 0 unspecified atom stereocenters. The summed E-state index contributed by atoms with van der Waals surface area (Å²) in [5.41, 5.74) is 5.09. The molecule has 1 aromatic heterocycles. The molecule has 0 N–H and O–H groups in total. The van der Waals surface area contributed by atoms with Gasteiger partial charge in [0.1, 0.15) is 0 Å².